The lowest BCUT2D eigenvalue weighted by molar-refractivity contribution is 0.102. The average Bonchev–Trinajstić information content (AvgIpc) is 2.39. The highest BCUT2D eigenvalue weighted by Gasteiger charge is 2.12. The summed E-state index contributed by atoms with van der Waals surface area (Å²) in [5, 5.41) is 11.7. The van der Waals surface area contributed by atoms with Gasteiger partial charge in [-0.05, 0) is 29.8 Å². The zero-order valence-corrected chi connectivity index (χ0v) is 10.9. The topological polar surface area (TPSA) is 58.6 Å². The molecular formula is C15H14FNO3. The van der Waals surface area contributed by atoms with Crippen LogP contribution in [0.25, 0.3) is 0 Å². The summed E-state index contributed by atoms with van der Waals surface area (Å²) in [7, 11) is 1.58. The second kappa shape index (κ2) is 6.16. The molecule has 1 amide bonds. The van der Waals surface area contributed by atoms with Gasteiger partial charge in [0, 0.05) is 18.9 Å². The Labute approximate surface area is 115 Å². The van der Waals surface area contributed by atoms with Crippen LogP contribution in [-0.4, -0.2) is 18.1 Å². The molecular weight excluding hydrogens is 261 g/mol. The summed E-state index contributed by atoms with van der Waals surface area (Å²) in [4.78, 5) is 12.0. The highest BCUT2D eigenvalue weighted by Crippen LogP contribution is 2.17. The third kappa shape index (κ3) is 3.33. The molecule has 0 heterocycles. The first-order chi connectivity index (χ1) is 9.60. The van der Waals surface area contributed by atoms with Crippen molar-refractivity contribution >= 4 is 11.6 Å². The van der Waals surface area contributed by atoms with Gasteiger partial charge in [0.15, 0.2) is 0 Å². The molecule has 104 valence electrons. The standard InChI is InChI=1S/C15H14FNO3/c1-20-9-10-3-2-4-11(7-10)17-15(19)13-6-5-12(18)8-14(13)16/h2-8,18H,9H2,1H3,(H,17,19). The van der Waals surface area contributed by atoms with Crippen LogP contribution in [-0.2, 0) is 11.3 Å². The predicted octanol–water partition coefficient (Wildman–Crippen LogP) is 2.93. The van der Waals surface area contributed by atoms with Crippen LogP contribution in [0.3, 0.4) is 0 Å². The minimum Gasteiger partial charge on any atom is -0.508 e. The van der Waals surface area contributed by atoms with E-state index >= 15 is 0 Å². The maximum atomic E-state index is 13.6. The summed E-state index contributed by atoms with van der Waals surface area (Å²) < 4.78 is 18.6. The number of methoxy groups -OCH3 is 1. The van der Waals surface area contributed by atoms with Gasteiger partial charge in [0.05, 0.1) is 12.2 Å². The first-order valence-corrected chi connectivity index (χ1v) is 5.98. The van der Waals surface area contributed by atoms with Crippen molar-refractivity contribution in [1.82, 2.24) is 0 Å². The molecule has 2 aromatic rings. The van der Waals surface area contributed by atoms with Gasteiger partial charge >= 0.3 is 0 Å². The van der Waals surface area contributed by atoms with Crippen molar-refractivity contribution in [2.24, 2.45) is 0 Å². The van der Waals surface area contributed by atoms with Crippen LogP contribution in [0.5, 0.6) is 5.75 Å². The Morgan fingerprint density at radius 1 is 1.30 bits per heavy atom. The van der Waals surface area contributed by atoms with Gasteiger partial charge in [-0.2, -0.15) is 0 Å². The Bertz CT molecular complexity index is 628. The van der Waals surface area contributed by atoms with E-state index in [1.165, 1.54) is 12.1 Å². The number of carbonyl (C=O) groups is 1. The van der Waals surface area contributed by atoms with Gasteiger partial charge in [-0.3, -0.25) is 4.79 Å². The number of aromatic hydroxyl groups is 1. The zero-order valence-electron chi connectivity index (χ0n) is 10.9. The first-order valence-electron chi connectivity index (χ1n) is 5.98. The molecule has 0 saturated heterocycles. The summed E-state index contributed by atoms with van der Waals surface area (Å²) >= 11 is 0. The van der Waals surface area contributed by atoms with Crippen molar-refractivity contribution < 1.29 is 19.0 Å². The largest absolute Gasteiger partial charge is 0.508 e. The lowest BCUT2D eigenvalue weighted by Crippen LogP contribution is -2.13. The Morgan fingerprint density at radius 3 is 2.80 bits per heavy atom. The number of ether oxygens (including phenoxy) is 1. The number of hydrogen-bond acceptors (Lipinski definition) is 3. The highest BCUT2D eigenvalue weighted by atomic mass is 19.1. The molecule has 0 aliphatic carbocycles. The Morgan fingerprint density at radius 2 is 2.10 bits per heavy atom. The minimum absolute atomic E-state index is 0.125. The van der Waals surface area contributed by atoms with Crippen LogP contribution < -0.4 is 5.32 Å². The van der Waals surface area contributed by atoms with E-state index in [2.05, 4.69) is 5.32 Å². The molecule has 5 heteroatoms. The SMILES string of the molecule is COCc1cccc(NC(=O)c2ccc(O)cc2F)c1. The molecule has 4 nitrogen and oxygen atoms in total. The van der Waals surface area contributed by atoms with Crippen molar-refractivity contribution in [2.45, 2.75) is 6.61 Å². The predicted molar refractivity (Wildman–Crippen MR) is 73.2 cm³/mol. The minimum atomic E-state index is -0.768. The van der Waals surface area contributed by atoms with Gasteiger partial charge < -0.3 is 15.2 Å². The molecule has 20 heavy (non-hydrogen) atoms. The lowest BCUT2D eigenvalue weighted by atomic mass is 10.1. The normalized spacial score (nSPS) is 10.3. The molecule has 0 unspecified atom stereocenters. The smallest absolute Gasteiger partial charge is 0.258 e. The fourth-order valence-electron chi connectivity index (χ4n) is 1.79. The fraction of sp³-hybridized carbons (Fsp3) is 0.133. The number of halogens is 1. The third-order valence-electron chi connectivity index (χ3n) is 2.69. The maximum Gasteiger partial charge on any atom is 0.258 e. The van der Waals surface area contributed by atoms with Crippen LogP contribution >= 0.6 is 0 Å². The van der Waals surface area contributed by atoms with E-state index in [1.807, 2.05) is 6.07 Å². The number of hydrogen-bond donors (Lipinski definition) is 2. The molecule has 2 rings (SSSR count). The molecule has 0 radical (unpaired) electrons. The van der Waals surface area contributed by atoms with E-state index in [-0.39, 0.29) is 11.3 Å². The maximum absolute atomic E-state index is 13.6. The Balaban J connectivity index is 2.17. The van der Waals surface area contributed by atoms with Crippen molar-refractivity contribution in [1.29, 1.82) is 0 Å². The number of phenols is 1. The summed E-state index contributed by atoms with van der Waals surface area (Å²) in [6.07, 6.45) is 0. The highest BCUT2D eigenvalue weighted by molar-refractivity contribution is 6.04. The lowest BCUT2D eigenvalue weighted by Gasteiger charge is -2.08. The van der Waals surface area contributed by atoms with E-state index < -0.39 is 11.7 Å². The number of rotatable bonds is 4. The van der Waals surface area contributed by atoms with Gasteiger partial charge in [0.25, 0.3) is 5.91 Å². The van der Waals surface area contributed by atoms with Crippen LogP contribution in [0.4, 0.5) is 10.1 Å². The van der Waals surface area contributed by atoms with Crippen molar-refractivity contribution in [3.8, 4) is 5.75 Å². The van der Waals surface area contributed by atoms with Crippen LogP contribution in [0.2, 0.25) is 0 Å². The number of benzene rings is 2. The molecule has 0 bridgehead atoms. The van der Waals surface area contributed by atoms with E-state index in [1.54, 1.807) is 25.3 Å². The molecule has 2 N–H and O–H groups in total. The van der Waals surface area contributed by atoms with Crippen molar-refractivity contribution in [3.63, 3.8) is 0 Å². The molecule has 2 aromatic carbocycles. The second-order valence-electron chi connectivity index (χ2n) is 4.25. The van der Waals surface area contributed by atoms with E-state index in [9.17, 15) is 9.18 Å². The van der Waals surface area contributed by atoms with Crippen LogP contribution in [0.1, 0.15) is 15.9 Å². The quantitative estimate of drug-likeness (QED) is 0.902. The van der Waals surface area contributed by atoms with E-state index in [0.717, 1.165) is 11.6 Å². The number of anilines is 1. The summed E-state index contributed by atoms with van der Waals surface area (Å²) in [5.74, 6) is -1.56. The van der Waals surface area contributed by atoms with Crippen molar-refractivity contribution in [2.75, 3.05) is 12.4 Å². The van der Waals surface area contributed by atoms with E-state index in [0.29, 0.717) is 12.3 Å². The summed E-state index contributed by atoms with van der Waals surface area (Å²) in [6.45, 7) is 0.428. The van der Waals surface area contributed by atoms with Gasteiger partial charge in [-0.25, -0.2) is 4.39 Å². The zero-order chi connectivity index (χ0) is 14.5. The van der Waals surface area contributed by atoms with Gasteiger partial charge in [-0.15, -0.1) is 0 Å². The number of phenolic OH excluding ortho intramolecular Hbond substituents is 1. The first kappa shape index (κ1) is 14.0. The number of carbonyl (C=O) groups excluding carboxylic acids is 1. The monoisotopic (exact) mass is 275 g/mol. The molecule has 0 fully saturated rings. The fourth-order valence-corrected chi connectivity index (χ4v) is 1.79. The molecule has 0 aromatic heterocycles. The third-order valence-corrected chi connectivity index (χ3v) is 2.69. The summed E-state index contributed by atoms with van der Waals surface area (Å²) in [6, 6.07) is 10.5. The van der Waals surface area contributed by atoms with Gasteiger partial charge in [-0.1, -0.05) is 12.1 Å². The molecule has 0 atom stereocenters. The molecule has 0 aliphatic rings. The molecule has 0 aliphatic heterocycles. The molecule has 0 spiro atoms. The Kier molecular flexibility index (Phi) is 4.32. The van der Waals surface area contributed by atoms with Gasteiger partial charge in [0.1, 0.15) is 11.6 Å². The van der Waals surface area contributed by atoms with Gasteiger partial charge in [0.2, 0.25) is 0 Å². The number of nitrogens with one attached hydrogen (secondary N) is 1. The van der Waals surface area contributed by atoms with E-state index in [4.69, 9.17) is 9.84 Å². The Hall–Kier alpha value is -2.40. The average molecular weight is 275 g/mol. The second-order valence-corrected chi connectivity index (χ2v) is 4.25. The van der Waals surface area contributed by atoms with Crippen LogP contribution in [0.15, 0.2) is 42.5 Å². The number of amides is 1. The summed E-state index contributed by atoms with van der Waals surface area (Å²) in [5.41, 5.74) is 1.33. The van der Waals surface area contributed by atoms with Crippen molar-refractivity contribution in [3.05, 3.63) is 59.4 Å². The molecule has 0 saturated carbocycles. The van der Waals surface area contributed by atoms with Crippen LogP contribution in [0, 0.1) is 5.82 Å².